The molecule has 7 nitrogen and oxygen atoms in total. The standard InChI is InChI=1S/C27H20N2O5/c30-21-14-13-17(15-22(21)31)24-23-25(34-29(24)18-9-2-1-3-10-18)27(33)28(26(23)32)20-12-6-8-16-7-4-5-11-19(16)20/h1-15,23-25,30-31H/t23-,24-,25+/m0/s1. The van der Waals surface area contributed by atoms with Gasteiger partial charge in [0.05, 0.1) is 17.4 Å². The number of rotatable bonds is 3. The van der Waals surface area contributed by atoms with Crippen molar-refractivity contribution >= 4 is 34.0 Å². The predicted octanol–water partition coefficient (Wildman–Crippen LogP) is 4.30. The highest BCUT2D eigenvalue weighted by atomic mass is 16.7. The van der Waals surface area contributed by atoms with Crippen LogP contribution in [0.1, 0.15) is 11.6 Å². The summed E-state index contributed by atoms with van der Waals surface area (Å²) in [7, 11) is 0. The van der Waals surface area contributed by atoms with E-state index in [-0.39, 0.29) is 17.4 Å². The molecule has 4 aromatic carbocycles. The summed E-state index contributed by atoms with van der Waals surface area (Å²) < 4.78 is 0. The molecule has 0 aromatic heterocycles. The van der Waals surface area contributed by atoms with Crippen LogP contribution in [0.5, 0.6) is 11.5 Å². The lowest BCUT2D eigenvalue weighted by molar-refractivity contribution is -0.126. The van der Waals surface area contributed by atoms with E-state index in [1.54, 1.807) is 17.2 Å². The molecule has 2 aliphatic rings. The van der Waals surface area contributed by atoms with Crippen LogP contribution >= 0.6 is 0 Å². The topological polar surface area (TPSA) is 90.3 Å². The first-order valence-corrected chi connectivity index (χ1v) is 10.9. The summed E-state index contributed by atoms with van der Waals surface area (Å²) >= 11 is 0. The smallest absolute Gasteiger partial charge is 0.266 e. The third-order valence-electron chi connectivity index (χ3n) is 6.47. The number of aromatic hydroxyl groups is 2. The lowest BCUT2D eigenvalue weighted by Crippen LogP contribution is -2.37. The highest BCUT2D eigenvalue weighted by molar-refractivity contribution is 6.26. The minimum absolute atomic E-state index is 0.267. The summed E-state index contributed by atoms with van der Waals surface area (Å²) in [6.45, 7) is 0. The molecule has 6 rings (SSSR count). The fraction of sp³-hybridized carbons (Fsp3) is 0.111. The van der Waals surface area contributed by atoms with Gasteiger partial charge in [-0.2, -0.15) is 0 Å². The summed E-state index contributed by atoms with van der Waals surface area (Å²) in [5, 5.41) is 23.2. The van der Waals surface area contributed by atoms with Crippen molar-refractivity contribution in [2.75, 3.05) is 9.96 Å². The first-order chi connectivity index (χ1) is 16.5. The maximum Gasteiger partial charge on any atom is 0.266 e. The first kappa shape index (κ1) is 20.3. The minimum Gasteiger partial charge on any atom is -0.504 e. The van der Waals surface area contributed by atoms with Crippen molar-refractivity contribution in [1.29, 1.82) is 0 Å². The number of nitrogens with zero attached hydrogens (tertiary/aromatic N) is 2. The number of hydrogen-bond donors (Lipinski definition) is 2. The van der Waals surface area contributed by atoms with Gasteiger partial charge in [0.2, 0.25) is 5.91 Å². The van der Waals surface area contributed by atoms with Gasteiger partial charge in [0, 0.05) is 5.39 Å². The van der Waals surface area contributed by atoms with Gasteiger partial charge in [-0.3, -0.25) is 14.4 Å². The highest BCUT2D eigenvalue weighted by Crippen LogP contribution is 2.49. The molecule has 0 radical (unpaired) electrons. The SMILES string of the molecule is O=C1[C@@H]2[C@@H](ON(c3ccccc3)[C@H]2c2ccc(O)c(O)c2)C(=O)N1c1cccc2ccccc12. The van der Waals surface area contributed by atoms with E-state index in [1.807, 2.05) is 66.7 Å². The summed E-state index contributed by atoms with van der Waals surface area (Å²) in [5.74, 6) is -2.22. The molecule has 2 fully saturated rings. The van der Waals surface area contributed by atoms with Gasteiger partial charge in [-0.05, 0) is 41.3 Å². The number of hydrogen-bond acceptors (Lipinski definition) is 6. The summed E-state index contributed by atoms with van der Waals surface area (Å²) in [6.07, 6.45) is -1.02. The number of hydroxylamine groups is 1. The highest BCUT2D eigenvalue weighted by Gasteiger charge is 2.60. The van der Waals surface area contributed by atoms with Gasteiger partial charge >= 0.3 is 0 Å². The Balaban J connectivity index is 1.48. The van der Waals surface area contributed by atoms with Gasteiger partial charge in [-0.15, -0.1) is 0 Å². The quantitative estimate of drug-likeness (QED) is 0.356. The minimum atomic E-state index is -1.02. The van der Waals surface area contributed by atoms with Crippen LogP contribution in [0.15, 0.2) is 91.0 Å². The molecule has 34 heavy (non-hydrogen) atoms. The number of anilines is 2. The zero-order valence-electron chi connectivity index (χ0n) is 17.9. The van der Waals surface area contributed by atoms with Crippen molar-refractivity contribution in [3.8, 4) is 11.5 Å². The molecule has 2 saturated heterocycles. The molecule has 4 aromatic rings. The molecule has 0 unspecified atom stereocenters. The van der Waals surface area contributed by atoms with Crippen LogP contribution in [0.2, 0.25) is 0 Å². The third kappa shape index (κ3) is 2.94. The average Bonchev–Trinajstić information content (AvgIpc) is 3.37. The number of para-hydroxylation sites is 1. The summed E-state index contributed by atoms with van der Waals surface area (Å²) in [4.78, 5) is 34.8. The van der Waals surface area contributed by atoms with Crippen LogP contribution in [0.25, 0.3) is 10.8 Å². The Morgan fingerprint density at radius 2 is 1.47 bits per heavy atom. The van der Waals surface area contributed by atoms with Crippen molar-refractivity contribution in [3.63, 3.8) is 0 Å². The van der Waals surface area contributed by atoms with E-state index in [0.29, 0.717) is 16.9 Å². The molecule has 2 N–H and O–H groups in total. The average molecular weight is 452 g/mol. The Morgan fingerprint density at radius 1 is 0.735 bits per heavy atom. The van der Waals surface area contributed by atoms with E-state index in [4.69, 9.17) is 4.84 Å². The van der Waals surface area contributed by atoms with E-state index in [1.165, 1.54) is 17.0 Å². The summed E-state index contributed by atoms with van der Waals surface area (Å²) in [6, 6.07) is 26.0. The molecule has 0 aliphatic carbocycles. The monoisotopic (exact) mass is 452 g/mol. The van der Waals surface area contributed by atoms with Gasteiger partial charge in [0.25, 0.3) is 5.91 Å². The second kappa shape index (κ2) is 7.60. The normalized spacial score (nSPS) is 21.9. The largest absolute Gasteiger partial charge is 0.504 e. The second-order valence-corrected chi connectivity index (χ2v) is 8.42. The van der Waals surface area contributed by atoms with Crippen molar-refractivity contribution in [2.24, 2.45) is 5.92 Å². The number of carbonyl (C=O) groups is 2. The summed E-state index contributed by atoms with van der Waals surface area (Å²) in [5.41, 5.74) is 1.74. The van der Waals surface area contributed by atoms with E-state index in [9.17, 15) is 19.8 Å². The van der Waals surface area contributed by atoms with Gasteiger partial charge in [0.1, 0.15) is 5.92 Å². The van der Waals surface area contributed by atoms with E-state index >= 15 is 0 Å². The molecule has 0 bridgehead atoms. The van der Waals surface area contributed by atoms with Gasteiger partial charge < -0.3 is 10.2 Å². The molecular weight excluding hydrogens is 432 g/mol. The maximum atomic E-state index is 13.8. The Morgan fingerprint density at radius 3 is 2.26 bits per heavy atom. The third-order valence-corrected chi connectivity index (χ3v) is 6.47. The van der Waals surface area contributed by atoms with Crippen molar-refractivity contribution in [1.82, 2.24) is 0 Å². The second-order valence-electron chi connectivity index (χ2n) is 8.42. The number of imide groups is 1. The fourth-order valence-corrected chi connectivity index (χ4v) is 4.92. The van der Waals surface area contributed by atoms with Gasteiger partial charge in [0.15, 0.2) is 17.6 Å². The van der Waals surface area contributed by atoms with Crippen LogP contribution in [0.3, 0.4) is 0 Å². The zero-order valence-corrected chi connectivity index (χ0v) is 17.9. The lowest BCUT2D eigenvalue weighted by atomic mass is 9.90. The number of carbonyl (C=O) groups excluding carboxylic acids is 2. The number of phenols is 2. The van der Waals surface area contributed by atoms with Crippen LogP contribution in [0, 0.1) is 5.92 Å². The molecule has 168 valence electrons. The van der Waals surface area contributed by atoms with Crippen molar-refractivity contribution in [3.05, 3.63) is 96.6 Å². The maximum absolute atomic E-state index is 13.8. The van der Waals surface area contributed by atoms with Crippen LogP contribution < -0.4 is 9.96 Å². The Hall–Kier alpha value is -4.36. The van der Waals surface area contributed by atoms with Crippen LogP contribution in [-0.4, -0.2) is 28.1 Å². The number of fused-ring (bicyclic) bond motifs is 2. The molecule has 2 heterocycles. The Labute approximate surface area is 195 Å². The number of benzene rings is 4. The fourth-order valence-electron chi connectivity index (χ4n) is 4.92. The van der Waals surface area contributed by atoms with Crippen LogP contribution in [-0.2, 0) is 14.4 Å². The molecule has 0 saturated carbocycles. The van der Waals surface area contributed by atoms with Gasteiger partial charge in [-0.1, -0.05) is 60.7 Å². The Bertz CT molecular complexity index is 1430. The zero-order chi connectivity index (χ0) is 23.4. The molecule has 7 heteroatoms. The molecule has 2 amide bonds. The first-order valence-electron chi connectivity index (χ1n) is 10.9. The molecule has 0 spiro atoms. The van der Waals surface area contributed by atoms with Crippen molar-refractivity contribution in [2.45, 2.75) is 12.1 Å². The van der Waals surface area contributed by atoms with Crippen molar-refractivity contribution < 1.29 is 24.6 Å². The Kier molecular flexibility index (Phi) is 4.53. The van der Waals surface area contributed by atoms with E-state index in [0.717, 1.165) is 10.8 Å². The molecule has 2 aliphatic heterocycles. The predicted molar refractivity (Wildman–Crippen MR) is 126 cm³/mol. The van der Waals surface area contributed by atoms with E-state index in [2.05, 4.69) is 0 Å². The van der Waals surface area contributed by atoms with Gasteiger partial charge in [-0.25, -0.2) is 9.96 Å². The van der Waals surface area contributed by atoms with Crippen LogP contribution in [0.4, 0.5) is 11.4 Å². The molecule has 3 atom stereocenters. The number of amides is 2. The number of phenolic OH excluding ortho intramolecular Hbond substituents is 2. The lowest BCUT2D eigenvalue weighted by Gasteiger charge is -2.29. The van der Waals surface area contributed by atoms with E-state index < -0.39 is 24.0 Å². The molecular formula is C27H20N2O5.